The van der Waals surface area contributed by atoms with Gasteiger partial charge in [-0.15, -0.1) is 0 Å². The van der Waals surface area contributed by atoms with Crippen molar-refractivity contribution in [3.05, 3.63) is 22.8 Å². The van der Waals surface area contributed by atoms with Crippen LogP contribution in [0.2, 0.25) is 0 Å². The van der Waals surface area contributed by atoms with Gasteiger partial charge in [-0.05, 0) is 63.6 Å². The van der Waals surface area contributed by atoms with E-state index in [9.17, 15) is 0 Å². The van der Waals surface area contributed by atoms with Crippen molar-refractivity contribution in [2.24, 2.45) is 0 Å². The molecule has 1 aliphatic rings. The number of benzene rings is 1. The van der Waals surface area contributed by atoms with Crippen LogP contribution in [0.5, 0.6) is 11.5 Å². The van der Waals surface area contributed by atoms with E-state index in [2.05, 4.69) is 19.9 Å². The summed E-state index contributed by atoms with van der Waals surface area (Å²) >= 11 is 0. The first kappa shape index (κ1) is 12.3. The lowest BCUT2D eigenvalue weighted by Gasteiger charge is -2.19. The molecule has 0 saturated heterocycles. The highest BCUT2D eigenvalue weighted by Crippen LogP contribution is 2.50. The summed E-state index contributed by atoms with van der Waals surface area (Å²) in [6.07, 6.45) is 2.53. The zero-order chi connectivity index (χ0) is 12.4. The van der Waals surface area contributed by atoms with Crippen LogP contribution in [-0.2, 0) is 0 Å². The standard InChI is InChI=1S/C15H22O2/c1-5-16-13-9-10(3)11(4)15(17-6-2)14(13)12-7-8-12/h9,12H,5-8H2,1-4H3. The lowest BCUT2D eigenvalue weighted by atomic mass is 10.00. The summed E-state index contributed by atoms with van der Waals surface area (Å²) in [5.41, 5.74) is 3.82. The summed E-state index contributed by atoms with van der Waals surface area (Å²) in [4.78, 5) is 0. The van der Waals surface area contributed by atoms with Crippen LogP contribution >= 0.6 is 0 Å². The molecule has 0 aliphatic heterocycles. The number of hydrogen-bond donors (Lipinski definition) is 0. The van der Waals surface area contributed by atoms with Gasteiger partial charge in [0.25, 0.3) is 0 Å². The van der Waals surface area contributed by atoms with Gasteiger partial charge in [0.05, 0.1) is 13.2 Å². The molecule has 0 heterocycles. The molecule has 94 valence electrons. The molecule has 1 fully saturated rings. The molecule has 0 bridgehead atoms. The van der Waals surface area contributed by atoms with Gasteiger partial charge in [-0.3, -0.25) is 0 Å². The minimum absolute atomic E-state index is 0.650. The van der Waals surface area contributed by atoms with E-state index in [4.69, 9.17) is 9.47 Å². The molecule has 1 aromatic carbocycles. The van der Waals surface area contributed by atoms with Crippen molar-refractivity contribution in [3.8, 4) is 11.5 Å². The fraction of sp³-hybridized carbons (Fsp3) is 0.600. The molecule has 1 saturated carbocycles. The van der Waals surface area contributed by atoms with Crippen molar-refractivity contribution in [2.75, 3.05) is 13.2 Å². The maximum Gasteiger partial charge on any atom is 0.129 e. The molecule has 2 heteroatoms. The third-order valence-corrected chi connectivity index (χ3v) is 3.36. The van der Waals surface area contributed by atoms with Gasteiger partial charge in [0, 0.05) is 5.56 Å². The van der Waals surface area contributed by atoms with E-state index in [-0.39, 0.29) is 0 Å². The number of ether oxygens (including phenoxy) is 2. The average Bonchev–Trinajstić information content (AvgIpc) is 3.10. The summed E-state index contributed by atoms with van der Waals surface area (Å²) in [5.74, 6) is 2.75. The van der Waals surface area contributed by atoms with Crippen LogP contribution in [0.4, 0.5) is 0 Å². The number of hydrogen-bond acceptors (Lipinski definition) is 2. The van der Waals surface area contributed by atoms with E-state index in [1.54, 1.807) is 0 Å². The SMILES string of the molecule is CCOc1cc(C)c(C)c(OCC)c1C1CC1. The molecule has 2 rings (SSSR count). The monoisotopic (exact) mass is 234 g/mol. The zero-order valence-corrected chi connectivity index (χ0v) is 11.3. The van der Waals surface area contributed by atoms with Gasteiger partial charge < -0.3 is 9.47 Å². The third-order valence-electron chi connectivity index (χ3n) is 3.36. The van der Waals surface area contributed by atoms with Gasteiger partial charge in [-0.1, -0.05) is 0 Å². The molecule has 2 nitrogen and oxygen atoms in total. The average molecular weight is 234 g/mol. The first-order valence-electron chi connectivity index (χ1n) is 6.58. The van der Waals surface area contributed by atoms with E-state index >= 15 is 0 Å². The van der Waals surface area contributed by atoms with Gasteiger partial charge in [0.15, 0.2) is 0 Å². The molecule has 0 spiro atoms. The highest BCUT2D eigenvalue weighted by molar-refractivity contribution is 5.56. The number of rotatable bonds is 5. The first-order valence-corrected chi connectivity index (χ1v) is 6.58. The predicted octanol–water partition coefficient (Wildman–Crippen LogP) is 3.98. The predicted molar refractivity (Wildman–Crippen MR) is 70.2 cm³/mol. The van der Waals surface area contributed by atoms with Crippen molar-refractivity contribution in [1.29, 1.82) is 0 Å². The van der Waals surface area contributed by atoms with E-state index in [0.717, 1.165) is 18.1 Å². The summed E-state index contributed by atoms with van der Waals surface area (Å²) in [6, 6.07) is 2.16. The Morgan fingerprint density at radius 2 is 1.76 bits per heavy atom. The smallest absolute Gasteiger partial charge is 0.129 e. The normalized spacial score (nSPS) is 14.8. The highest BCUT2D eigenvalue weighted by Gasteiger charge is 2.31. The Morgan fingerprint density at radius 3 is 2.29 bits per heavy atom. The van der Waals surface area contributed by atoms with Crippen LogP contribution in [0.15, 0.2) is 6.07 Å². The Labute approximate surface area is 104 Å². The summed E-state index contributed by atoms with van der Waals surface area (Å²) in [6.45, 7) is 9.77. The maximum atomic E-state index is 5.86. The van der Waals surface area contributed by atoms with Gasteiger partial charge in [0.2, 0.25) is 0 Å². The van der Waals surface area contributed by atoms with Crippen LogP contribution in [-0.4, -0.2) is 13.2 Å². The minimum Gasteiger partial charge on any atom is -0.493 e. The molecule has 0 amide bonds. The zero-order valence-electron chi connectivity index (χ0n) is 11.3. The van der Waals surface area contributed by atoms with E-state index in [1.807, 2.05) is 13.8 Å². The number of aryl methyl sites for hydroxylation is 1. The van der Waals surface area contributed by atoms with Crippen molar-refractivity contribution in [1.82, 2.24) is 0 Å². The first-order chi connectivity index (χ1) is 8.19. The Bertz CT molecular complexity index is 406. The second-order valence-electron chi connectivity index (χ2n) is 4.70. The van der Waals surface area contributed by atoms with Gasteiger partial charge in [-0.25, -0.2) is 0 Å². The van der Waals surface area contributed by atoms with Crippen LogP contribution < -0.4 is 9.47 Å². The molecule has 17 heavy (non-hydrogen) atoms. The maximum absolute atomic E-state index is 5.86. The van der Waals surface area contributed by atoms with Crippen LogP contribution in [0.25, 0.3) is 0 Å². The van der Waals surface area contributed by atoms with Crippen LogP contribution in [0.3, 0.4) is 0 Å². The Balaban J connectivity index is 2.51. The quantitative estimate of drug-likeness (QED) is 0.767. The molecule has 1 aromatic rings. The topological polar surface area (TPSA) is 18.5 Å². The van der Waals surface area contributed by atoms with Gasteiger partial charge in [0.1, 0.15) is 11.5 Å². The molecular formula is C15H22O2. The Hall–Kier alpha value is -1.18. The second kappa shape index (κ2) is 4.99. The summed E-state index contributed by atoms with van der Waals surface area (Å²) in [7, 11) is 0. The molecule has 1 aliphatic carbocycles. The molecule has 0 radical (unpaired) electrons. The molecular weight excluding hydrogens is 212 g/mol. The molecule has 0 unspecified atom stereocenters. The van der Waals surface area contributed by atoms with Crippen LogP contribution in [0, 0.1) is 13.8 Å². The molecule has 0 atom stereocenters. The van der Waals surface area contributed by atoms with Crippen molar-refractivity contribution >= 4 is 0 Å². The van der Waals surface area contributed by atoms with Crippen molar-refractivity contribution in [2.45, 2.75) is 46.5 Å². The second-order valence-corrected chi connectivity index (χ2v) is 4.70. The van der Waals surface area contributed by atoms with Gasteiger partial charge in [-0.2, -0.15) is 0 Å². The molecule has 0 aromatic heterocycles. The summed E-state index contributed by atoms with van der Waals surface area (Å²) < 4.78 is 11.6. The van der Waals surface area contributed by atoms with Gasteiger partial charge >= 0.3 is 0 Å². The largest absolute Gasteiger partial charge is 0.493 e. The van der Waals surface area contributed by atoms with Crippen molar-refractivity contribution < 1.29 is 9.47 Å². The van der Waals surface area contributed by atoms with Crippen LogP contribution in [0.1, 0.15) is 49.3 Å². The Morgan fingerprint density at radius 1 is 1.12 bits per heavy atom. The lowest BCUT2D eigenvalue weighted by molar-refractivity contribution is 0.314. The summed E-state index contributed by atoms with van der Waals surface area (Å²) in [5, 5.41) is 0. The van der Waals surface area contributed by atoms with E-state index < -0.39 is 0 Å². The van der Waals surface area contributed by atoms with Crippen molar-refractivity contribution in [3.63, 3.8) is 0 Å². The Kier molecular flexibility index (Phi) is 3.60. The van der Waals surface area contributed by atoms with E-state index in [1.165, 1.54) is 29.5 Å². The van der Waals surface area contributed by atoms with E-state index in [0.29, 0.717) is 12.5 Å². The minimum atomic E-state index is 0.650. The molecule has 0 N–H and O–H groups in total. The fourth-order valence-electron chi connectivity index (χ4n) is 2.24. The third kappa shape index (κ3) is 2.41. The lowest BCUT2D eigenvalue weighted by Crippen LogP contribution is -2.04. The fourth-order valence-corrected chi connectivity index (χ4v) is 2.24. The highest BCUT2D eigenvalue weighted by atomic mass is 16.5.